The molecule has 21 heavy (non-hydrogen) atoms. The highest BCUT2D eigenvalue weighted by Crippen LogP contribution is 2.31. The summed E-state index contributed by atoms with van der Waals surface area (Å²) in [4.78, 5) is 13.5. The molecule has 0 unspecified atom stereocenters. The van der Waals surface area contributed by atoms with Crippen molar-refractivity contribution < 1.29 is 9.53 Å². The van der Waals surface area contributed by atoms with E-state index in [1.165, 1.54) is 0 Å². The average Bonchev–Trinajstić information content (AvgIpc) is 2.50. The van der Waals surface area contributed by atoms with Crippen LogP contribution in [-0.4, -0.2) is 36.2 Å². The van der Waals surface area contributed by atoms with Gasteiger partial charge in [0.15, 0.2) is 0 Å². The first kappa shape index (κ1) is 15.2. The van der Waals surface area contributed by atoms with Crippen LogP contribution in [0.4, 0.5) is 10.5 Å². The van der Waals surface area contributed by atoms with Gasteiger partial charge in [-0.05, 0) is 19.1 Å². The molecule has 0 bridgehead atoms. The van der Waals surface area contributed by atoms with Crippen LogP contribution in [0.25, 0.3) is 0 Å². The highest BCUT2D eigenvalue weighted by molar-refractivity contribution is 5.68. The van der Waals surface area contributed by atoms with Crippen LogP contribution in [0.5, 0.6) is 0 Å². The van der Waals surface area contributed by atoms with E-state index in [2.05, 4.69) is 11.4 Å². The van der Waals surface area contributed by atoms with Crippen molar-refractivity contribution in [1.82, 2.24) is 4.90 Å². The molecule has 0 radical (unpaired) electrons. The van der Waals surface area contributed by atoms with Crippen molar-refractivity contribution in [3.05, 3.63) is 30.3 Å². The number of benzene rings is 1. The fourth-order valence-electron chi connectivity index (χ4n) is 2.67. The average molecular weight is 287 g/mol. The molecule has 2 rings (SSSR count). The van der Waals surface area contributed by atoms with Gasteiger partial charge >= 0.3 is 6.09 Å². The van der Waals surface area contributed by atoms with Crippen molar-refractivity contribution in [2.45, 2.75) is 25.8 Å². The maximum Gasteiger partial charge on any atom is 0.409 e. The number of carbonyl (C=O) groups excluding carboxylic acids is 1. The number of nitrogens with one attached hydrogen (secondary N) is 1. The number of piperidine rings is 1. The van der Waals surface area contributed by atoms with Crippen LogP contribution < -0.4 is 5.32 Å². The van der Waals surface area contributed by atoms with Crippen molar-refractivity contribution in [3.63, 3.8) is 0 Å². The number of nitriles is 1. The zero-order valence-electron chi connectivity index (χ0n) is 12.5. The third kappa shape index (κ3) is 3.27. The number of anilines is 1. The Morgan fingerprint density at radius 1 is 1.52 bits per heavy atom. The highest BCUT2D eigenvalue weighted by Gasteiger charge is 2.42. The van der Waals surface area contributed by atoms with Crippen LogP contribution in [0, 0.1) is 17.2 Å². The lowest BCUT2D eigenvalue weighted by Gasteiger charge is -2.42. The molecule has 0 saturated carbocycles. The van der Waals surface area contributed by atoms with Crippen molar-refractivity contribution in [3.8, 4) is 6.07 Å². The zero-order valence-corrected chi connectivity index (χ0v) is 12.5. The molecule has 5 nitrogen and oxygen atoms in total. The molecule has 0 aliphatic carbocycles. The van der Waals surface area contributed by atoms with Gasteiger partial charge in [-0.3, -0.25) is 0 Å². The number of carbonyl (C=O) groups is 1. The molecule has 1 aliphatic heterocycles. The number of hydrogen-bond acceptors (Lipinski definition) is 4. The maximum absolute atomic E-state index is 11.8. The summed E-state index contributed by atoms with van der Waals surface area (Å²) in [5.41, 5.74) is 0.278. The van der Waals surface area contributed by atoms with Crippen LogP contribution in [0.3, 0.4) is 0 Å². The summed E-state index contributed by atoms with van der Waals surface area (Å²) in [5, 5.41) is 13.0. The first-order chi connectivity index (χ1) is 10.1. The van der Waals surface area contributed by atoms with Gasteiger partial charge in [0, 0.05) is 31.1 Å². The van der Waals surface area contributed by atoms with Gasteiger partial charge in [-0.25, -0.2) is 4.79 Å². The predicted octanol–water partition coefficient (Wildman–Crippen LogP) is 2.86. The van der Waals surface area contributed by atoms with E-state index in [1.54, 1.807) is 11.8 Å². The fraction of sp³-hybridized carbons (Fsp3) is 0.500. The van der Waals surface area contributed by atoms with E-state index in [0.717, 1.165) is 5.69 Å². The molecule has 5 heteroatoms. The molecule has 1 amide bonds. The van der Waals surface area contributed by atoms with E-state index < -0.39 is 5.54 Å². The van der Waals surface area contributed by atoms with Crippen molar-refractivity contribution in [2.75, 3.05) is 25.0 Å². The predicted molar refractivity (Wildman–Crippen MR) is 80.8 cm³/mol. The molecular weight excluding hydrogens is 266 g/mol. The molecular formula is C16H21N3O2. The third-order valence-electron chi connectivity index (χ3n) is 3.98. The number of nitrogens with zero attached hydrogens (tertiary/aromatic N) is 2. The van der Waals surface area contributed by atoms with Crippen molar-refractivity contribution in [1.29, 1.82) is 5.26 Å². The van der Waals surface area contributed by atoms with Gasteiger partial charge in [0.2, 0.25) is 0 Å². The van der Waals surface area contributed by atoms with Gasteiger partial charge < -0.3 is 15.0 Å². The lowest BCUT2D eigenvalue weighted by atomic mass is 9.79. The van der Waals surface area contributed by atoms with Gasteiger partial charge in [-0.1, -0.05) is 25.1 Å². The second-order valence-corrected chi connectivity index (χ2v) is 5.37. The topological polar surface area (TPSA) is 65.4 Å². The summed E-state index contributed by atoms with van der Waals surface area (Å²) >= 11 is 0. The second-order valence-electron chi connectivity index (χ2n) is 5.37. The molecule has 1 fully saturated rings. The SMILES string of the molecule is CCOC(=O)N1CC[C@@](C#N)(Nc2ccccc2)[C@H](C)C1. The van der Waals surface area contributed by atoms with Gasteiger partial charge in [0.1, 0.15) is 5.54 Å². The number of rotatable bonds is 3. The van der Waals surface area contributed by atoms with Gasteiger partial charge in [-0.2, -0.15) is 5.26 Å². The smallest absolute Gasteiger partial charge is 0.409 e. The molecule has 2 atom stereocenters. The Hall–Kier alpha value is -2.22. The Kier molecular flexibility index (Phi) is 4.69. The Morgan fingerprint density at radius 2 is 2.24 bits per heavy atom. The van der Waals surface area contributed by atoms with Crippen LogP contribution in [0.2, 0.25) is 0 Å². The molecule has 1 heterocycles. The number of hydrogen-bond donors (Lipinski definition) is 1. The van der Waals surface area contributed by atoms with E-state index in [4.69, 9.17) is 4.74 Å². The van der Waals surface area contributed by atoms with E-state index in [1.807, 2.05) is 37.3 Å². The van der Waals surface area contributed by atoms with Gasteiger partial charge in [0.05, 0.1) is 12.7 Å². The van der Waals surface area contributed by atoms with Crippen molar-refractivity contribution >= 4 is 11.8 Å². The number of amides is 1. The van der Waals surface area contributed by atoms with E-state index >= 15 is 0 Å². The lowest BCUT2D eigenvalue weighted by Crippen LogP contribution is -2.55. The number of ether oxygens (including phenoxy) is 1. The summed E-state index contributed by atoms with van der Waals surface area (Å²) in [6, 6.07) is 12.1. The molecule has 1 N–H and O–H groups in total. The monoisotopic (exact) mass is 287 g/mol. The fourth-order valence-corrected chi connectivity index (χ4v) is 2.67. The highest BCUT2D eigenvalue weighted by atomic mass is 16.6. The minimum atomic E-state index is -0.648. The first-order valence-corrected chi connectivity index (χ1v) is 7.27. The number of likely N-dealkylation sites (tertiary alicyclic amines) is 1. The summed E-state index contributed by atoms with van der Waals surface area (Å²) in [7, 11) is 0. The molecule has 1 aliphatic rings. The second kappa shape index (κ2) is 6.49. The standard InChI is InChI=1S/C16H21N3O2/c1-3-21-15(20)19-10-9-16(12-17,13(2)11-19)18-14-7-5-4-6-8-14/h4-8,13,18H,3,9-11H2,1-2H3/t13-,16+/m1/s1. The largest absolute Gasteiger partial charge is 0.450 e. The van der Waals surface area contributed by atoms with Crippen LogP contribution in [0.15, 0.2) is 30.3 Å². The summed E-state index contributed by atoms with van der Waals surface area (Å²) in [6.45, 7) is 5.20. The minimum absolute atomic E-state index is 0.0147. The van der Waals surface area contributed by atoms with Crippen molar-refractivity contribution in [2.24, 2.45) is 5.92 Å². The zero-order chi connectivity index (χ0) is 15.3. The maximum atomic E-state index is 11.8. The quantitative estimate of drug-likeness (QED) is 0.928. The molecule has 0 aromatic heterocycles. The normalized spacial score (nSPS) is 25.0. The Balaban J connectivity index is 2.09. The summed E-state index contributed by atoms with van der Waals surface area (Å²) < 4.78 is 5.03. The third-order valence-corrected chi connectivity index (χ3v) is 3.98. The summed E-state index contributed by atoms with van der Waals surface area (Å²) in [5.74, 6) is 0.0147. The van der Waals surface area contributed by atoms with E-state index in [-0.39, 0.29) is 12.0 Å². The summed E-state index contributed by atoms with van der Waals surface area (Å²) in [6.07, 6.45) is 0.286. The Labute approximate surface area is 125 Å². The molecule has 1 aromatic carbocycles. The van der Waals surface area contributed by atoms with E-state index in [9.17, 15) is 10.1 Å². The van der Waals surface area contributed by atoms with Crippen LogP contribution in [-0.2, 0) is 4.74 Å². The molecule has 0 spiro atoms. The Morgan fingerprint density at radius 3 is 2.81 bits per heavy atom. The Bertz CT molecular complexity index is 526. The molecule has 1 aromatic rings. The molecule has 1 saturated heterocycles. The van der Waals surface area contributed by atoms with Crippen LogP contribution >= 0.6 is 0 Å². The first-order valence-electron chi connectivity index (χ1n) is 7.27. The van der Waals surface area contributed by atoms with Gasteiger partial charge in [-0.15, -0.1) is 0 Å². The lowest BCUT2D eigenvalue weighted by molar-refractivity contribution is 0.0806. The number of para-hydroxylation sites is 1. The minimum Gasteiger partial charge on any atom is -0.450 e. The molecule has 112 valence electrons. The van der Waals surface area contributed by atoms with Crippen LogP contribution in [0.1, 0.15) is 20.3 Å². The van der Waals surface area contributed by atoms with E-state index in [0.29, 0.717) is 26.1 Å². The van der Waals surface area contributed by atoms with Gasteiger partial charge in [0.25, 0.3) is 0 Å².